The molecular weight excluding hydrogens is 252 g/mol. The lowest BCUT2D eigenvalue weighted by Crippen LogP contribution is -2.21. The summed E-state index contributed by atoms with van der Waals surface area (Å²) in [5, 5.41) is 0. The van der Waals surface area contributed by atoms with Crippen LogP contribution in [0, 0.1) is 0 Å². The molecule has 0 aliphatic carbocycles. The summed E-state index contributed by atoms with van der Waals surface area (Å²) in [6.07, 6.45) is 0. The van der Waals surface area contributed by atoms with E-state index in [0.717, 1.165) is 5.56 Å². The SMILES string of the molecule is CC(c1ccccc1)c1c(C(N)=O)cccc1C(N)=O. The fourth-order valence-electron chi connectivity index (χ4n) is 2.37. The van der Waals surface area contributed by atoms with E-state index >= 15 is 0 Å². The second kappa shape index (κ2) is 5.57. The molecule has 0 heterocycles. The average molecular weight is 268 g/mol. The predicted molar refractivity (Wildman–Crippen MR) is 77.4 cm³/mol. The smallest absolute Gasteiger partial charge is 0.249 e. The molecule has 0 saturated heterocycles. The fraction of sp³-hybridized carbons (Fsp3) is 0.125. The van der Waals surface area contributed by atoms with Gasteiger partial charge in [0.15, 0.2) is 0 Å². The van der Waals surface area contributed by atoms with Crippen LogP contribution in [-0.2, 0) is 0 Å². The van der Waals surface area contributed by atoms with Crippen molar-refractivity contribution in [2.75, 3.05) is 0 Å². The van der Waals surface area contributed by atoms with Gasteiger partial charge in [0, 0.05) is 17.0 Å². The minimum Gasteiger partial charge on any atom is -0.366 e. The molecule has 0 aromatic heterocycles. The lowest BCUT2D eigenvalue weighted by atomic mass is 9.85. The quantitative estimate of drug-likeness (QED) is 0.889. The standard InChI is InChI=1S/C16H16N2O2/c1-10(11-6-3-2-4-7-11)14-12(15(17)19)8-5-9-13(14)16(18)20/h2-10H,1H3,(H2,17,19)(H2,18,20). The van der Waals surface area contributed by atoms with Gasteiger partial charge in [-0.05, 0) is 23.3 Å². The van der Waals surface area contributed by atoms with Crippen LogP contribution in [0.2, 0.25) is 0 Å². The van der Waals surface area contributed by atoms with Crippen LogP contribution in [0.3, 0.4) is 0 Å². The summed E-state index contributed by atoms with van der Waals surface area (Å²) < 4.78 is 0. The van der Waals surface area contributed by atoms with Gasteiger partial charge in [-0.25, -0.2) is 0 Å². The first-order valence-corrected chi connectivity index (χ1v) is 6.29. The monoisotopic (exact) mass is 268 g/mol. The summed E-state index contributed by atoms with van der Waals surface area (Å²) in [5.41, 5.74) is 13.1. The van der Waals surface area contributed by atoms with E-state index in [1.54, 1.807) is 18.2 Å². The molecule has 2 aromatic carbocycles. The van der Waals surface area contributed by atoms with Crippen molar-refractivity contribution in [3.63, 3.8) is 0 Å². The van der Waals surface area contributed by atoms with Gasteiger partial charge in [-0.3, -0.25) is 9.59 Å². The molecule has 20 heavy (non-hydrogen) atoms. The maximum Gasteiger partial charge on any atom is 0.249 e. The molecule has 2 rings (SSSR count). The van der Waals surface area contributed by atoms with Gasteiger partial charge >= 0.3 is 0 Å². The van der Waals surface area contributed by atoms with E-state index in [1.807, 2.05) is 37.3 Å². The van der Waals surface area contributed by atoms with Crippen molar-refractivity contribution in [2.45, 2.75) is 12.8 Å². The highest BCUT2D eigenvalue weighted by Crippen LogP contribution is 2.29. The minimum atomic E-state index is -0.564. The van der Waals surface area contributed by atoms with Gasteiger partial charge in [0.2, 0.25) is 11.8 Å². The highest BCUT2D eigenvalue weighted by atomic mass is 16.1. The molecule has 0 radical (unpaired) electrons. The van der Waals surface area contributed by atoms with Crippen LogP contribution in [0.1, 0.15) is 44.7 Å². The first kappa shape index (κ1) is 13.8. The van der Waals surface area contributed by atoms with Crippen LogP contribution in [-0.4, -0.2) is 11.8 Å². The molecule has 4 nitrogen and oxygen atoms in total. The Morgan fingerprint density at radius 1 is 0.850 bits per heavy atom. The van der Waals surface area contributed by atoms with Crippen molar-refractivity contribution in [2.24, 2.45) is 11.5 Å². The number of carbonyl (C=O) groups is 2. The zero-order chi connectivity index (χ0) is 14.7. The summed E-state index contributed by atoms with van der Waals surface area (Å²) >= 11 is 0. The topological polar surface area (TPSA) is 86.2 Å². The van der Waals surface area contributed by atoms with Crippen molar-refractivity contribution < 1.29 is 9.59 Å². The molecule has 0 aliphatic rings. The second-order valence-corrected chi connectivity index (χ2v) is 4.63. The molecule has 4 heteroatoms. The molecule has 2 aromatic rings. The lowest BCUT2D eigenvalue weighted by Gasteiger charge is -2.18. The van der Waals surface area contributed by atoms with Crippen molar-refractivity contribution in [1.82, 2.24) is 0 Å². The first-order chi connectivity index (χ1) is 9.52. The minimum absolute atomic E-state index is 0.151. The normalized spacial score (nSPS) is 11.8. The lowest BCUT2D eigenvalue weighted by molar-refractivity contribution is 0.0999. The third-order valence-electron chi connectivity index (χ3n) is 3.37. The number of primary amides is 2. The Bertz CT molecular complexity index is 619. The van der Waals surface area contributed by atoms with Crippen LogP contribution in [0.5, 0.6) is 0 Å². The van der Waals surface area contributed by atoms with Gasteiger partial charge < -0.3 is 11.5 Å². The highest BCUT2D eigenvalue weighted by molar-refractivity contribution is 6.01. The van der Waals surface area contributed by atoms with Crippen LogP contribution in [0.15, 0.2) is 48.5 Å². The summed E-state index contributed by atoms with van der Waals surface area (Å²) in [5.74, 6) is -1.28. The van der Waals surface area contributed by atoms with E-state index in [2.05, 4.69) is 0 Å². The first-order valence-electron chi connectivity index (χ1n) is 6.29. The molecule has 1 unspecified atom stereocenters. The zero-order valence-electron chi connectivity index (χ0n) is 11.2. The van der Waals surface area contributed by atoms with Crippen LogP contribution in [0.25, 0.3) is 0 Å². The van der Waals surface area contributed by atoms with Gasteiger partial charge in [0.1, 0.15) is 0 Å². The van der Waals surface area contributed by atoms with Gasteiger partial charge in [0.05, 0.1) is 0 Å². The van der Waals surface area contributed by atoms with Crippen molar-refractivity contribution in [3.05, 3.63) is 70.8 Å². The fourth-order valence-corrected chi connectivity index (χ4v) is 2.37. The Labute approximate surface area is 117 Å². The molecule has 1 atom stereocenters. The van der Waals surface area contributed by atoms with E-state index in [4.69, 9.17) is 11.5 Å². The second-order valence-electron chi connectivity index (χ2n) is 4.63. The Kier molecular flexibility index (Phi) is 3.84. The number of hydrogen-bond acceptors (Lipinski definition) is 2. The number of amides is 2. The zero-order valence-corrected chi connectivity index (χ0v) is 11.2. The van der Waals surface area contributed by atoms with Crippen molar-refractivity contribution in [1.29, 1.82) is 0 Å². The van der Waals surface area contributed by atoms with E-state index in [9.17, 15) is 9.59 Å². The van der Waals surface area contributed by atoms with E-state index < -0.39 is 11.8 Å². The van der Waals surface area contributed by atoms with Gasteiger partial charge in [0.25, 0.3) is 0 Å². The molecule has 0 fully saturated rings. The maximum absolute atomic E-state index is 11.6. The summed E-state index contributed by atoms with van der Waals surface area (Å²) in [6, 6.07) is 14.4. The number of carbonyl (C=O) groups excluding carboxylic acids is 2. The van der Waals surface area contributed by atoms with E-state index in [1.165, 1.54) is 0 Å². The maximum atomic E-state index is 11.6. The Morgan fingerprint density at radius 2 is 1.35 bits per heavy atom. The molecule has 0 aliphatic heterocycles. The van der Waals surface area contributed by atoms with Gasteiger partial charge in [-0.15, -0.1) is 0 Å². The number of hydrogen-bond donors (Lipinski definition) is 2. The molecule has 4 N–H and O–H groups in total. The summed E-state index contributed by atoms with van der Waals surface area (Å²) in [7, 11) is 0. The van der Waals surface area contributed by atoms with Gasteiger partial charge in [-0.1, -0.05) is 43.3 Å². The van der Waals surface area contributed by atoms with Crippen LogP contribution < -0.4 is 11.5 Å². The number of nitrogens with two attached hydrogens (primary N) is 2. The molecule has 0 bridgehead atoms. The van der Waals surface area contributed by atoms with E-state index in [-0.39, 0.29) is 5.92 Å². The summed E-state index contributed by atoms with van der Waals surface area (Å²) in [4.78, 5) is 23.2. The van der Waals surface area contributed by atoms with E-state index in [0.29, 0.717) is 16.7 Å². The highest BCUT2D eigenvalue weighted by Gasteiger charge is 2.21. The van der Waals surface area contributed by atoms with Crippen LogP contribution >= 0.6 is 0 Å². The Hall–Kier alpha value is -2.62. The van der Waals surface area contributed by atoms with Gasteiger partial charge in [-0.2, -0.15) is 0 Å². The number of rotatable bonds is 4. The van der Waals surface area contributed by atoms with Crippen LogP contribution in [0.4, 0.5) is 0 Å². The largest absolute Gasteiger partial charge is 0.366 e. The number of benzene rings is 2. The average Bonchev–Trinajstić information content (AvgIpc) is 2.46. The molecule has 0 spiro atoms. The third-order valence-corrected chi connectivity index (χ3v) is 3.37. The Morgan fingerprint density at radius 3 is 1.80 bits per heavy atom. The molecule has 102 valence electrons. The Balaban J connectivity index is 2.64. The van der Waals surface area contributed by atoms with Crippen molar-refractivity contribution in [3.8, 4) is 0 Å². The third kappa shape index (κ3) is 2.54. The summed E-state index contributed by atoms with van der Waals surface area (Å²) in [6.45, 7) is 1.92. The molecular formula is C16H16N2O2. The predicted octanol–water partition coefficient (Wildman–Crippen LogP) is 2.04. The molecule has 2 amide bonds. The van der Waals surface area contributed by atoms with Crippen molar-refractivity contribution >= 4 is 11.8 Å². The molecule has 0 saturated carbocycles.